The Morgan fingerprint density at radius 3 is 2.43 bits per heavy atom. The number of anilines is 1. The maximum Gasteiger partial charge on any atom is 0.496 e. The first-order chi connectivity index (χ1) is 10.7. The van der Waals surface area contributed by atoms with Gasteiger partial charge >= 0.3 is 13.2 Å². The fourth-order valence-electron chi connectivity index (χ4n) is 2.05. The first-order valence-corrected chi connectivity index (χ1v) is 8.00. The largest absolute Gasteiger partial charge is 0.496 e. The lowest BCUT2D eigenvalue weighted by molar-refractivity contribution is 0.00578. The number of rotatable bonds is 5. The Labute approximate surface area is 138 Å². The minimum atomic E-state index is -0.491. The van der Waals surface area contributed by atoms with Crippen LogP contribution in [0.2, 0.25) is 0 Å². The fraction of sp³-hybridized carbons (Fsp3) is 0.625. The molecule has 1 aromatic heterocycles. The summed E-state index contributed by atoms with van der Waals surface area (Å²) in [6.45, 7) is 10.5. The molecule has 1 aliphatic heterocycles. The highest BCUT2D eigenvalue weighted by Gasteiger charge is 2.51. The molecule has 1 aromatic rings. The van der Waals surface area contributed by atoms with Crippen molar-refractivity contribution >= 4 is 24.5 Å². The molecular weight excluding hydrogens is 295 g/mol. The summed E-state index contributed by atoms with van der Waals surface area (Å²) >= 11 is 0. The van der Waals surface area contributed by atoms with Crippen LogP contribution in [-0.4, -0.2) is 36.0 Å². The van der Waals surface area contributed by atoms with Gasteiger partial charge in [0.05, 0.1) is 17.8 Å². The van der Waals surface area contributed by atoms with Crippen molar-refractivity contribution < 1.29 is 18.8 Å². The lowest BCUT2D eigenvalue weighted by Crippen LogP contribution is -2.41. The average Bonchev–Trinajstić information content (AvgIpc) is 2.68. The second kappa shape index (κ2) is 6.89. The van der Waals surface area contributed by atoms with Crippen molar-refractivity contribution in [1.29, 1.82) is 0 Å². The van der Waals surface area contributed by atoms with E-state index in [9.17, 15) is 4.79 Å². The summed E-state index contributed by atoms with van der Waals surface area (Å²) in [5.41, 5.74) is 0.0311. The molecule has 126 valence electrons. The van der Waals surface area contributed by atoms with E-state index in [0.717, 1.165) is 18.3 Å². The van der Waals surface area contributed by atoms with Crippen LogP contribution in [0, 0.1) is 0 Å². The molecule has 2 heterocycles. The van der Waals surface area contributed by atoms with Gasteiger partial charge in [-0.25, -0.2) is 9.78 Å². The number of carbonyl (C=O) groups is 1. The fourth-order valence-corrected chi connectivity index (χ4v) is 2.05. The molecule has 23 heavy (non-hydrogen) atoms. The molecule has 1 saturated heterocycles. The van der Waals surface area contributed by atoms with Gasteiger partial charge in [-0.2, -0.15) is 0 Å². The van der Waals surface area contributed by atoms with Crippen LogP contribution in [0.4, 0.5) is 10.6 Å². The summed E-state index contributed by atoms with van der Waals surface area (Å²) in [5.74, 6) is 0.437. The number of nitrogens with zero attached hydrogens (tertiary/aromatic N) is 1. The third kappa shape index (κ3) is 4.23. The van der Waals surface area contributed by atoms with Crippen molar-refractivity contribution in [3.63, 3.8) is 0 Å². The Hall–Kier alpha value is -1.60. The summed E-state index contributed by atoms with van der Waals surface area (Å²) in [6, 6.07) is 3.54. The number of hydrogen-bond donors (Lipinski definition) is 1. The average molecular weight is 320 g/mol. The van der Waals surface area contributed by atoms with E-state index in [0.29, 0.717) is 12.4 Å². The summed E-state index contributed by atoms with van der Waals surface area (Å²) in [5, 5.41) is 2.60. The summed E-state index contributed by atoms with van der Waals surface area (Å²) in [7, 11) is -0.460. The topological polar surface area (TPSA) is 69.7 Å². The zero-order valence-electron chi connectivity index (χ0n) is 14.5. The molecule has 2 rings (SSSR count). The molecule has 0 saturated carbocycles. The smallest absolute Gasteiger partial charge is 0.449 e. The number of pyridine rings is 1. The molecule has 0 unspecified atom stereocenters. The van der Waals surface area contributed by atoms with Crippen LogP contribution in [-0.2, 0) is 14.0 Å². The van der Waals surface area contributed by atoms with Gasteiger partial charge in [0.2, 0.25) is 0 Å². The second-order valence-electron chi connectivity index (χ2n) is 6.68. The molecule has 0 atom stereocenters. The quantitative estimate of drug-likeness (QED) is 0.667. The SMILES string of the molecule is CCCCOC(=O)Nc1ccc(B2OC(C)(C)C(C)(C)O2)cn1. The van der Waals surface area contributed by atoms with Crippen LogP contribution in [0.5, 0.6) is 0 Å². The molecular formula is C16H25BN2O4. The molecule has 1 aliphatic rings. The van der Waals surface area contributed by atoms with Gasteiger partial charge in [-0.3, -0.25) is 5.32 Å². The Kier molecular flexibility index (Phi) is 5.32. The van der Waals surface area contributed by atoms with Gasteiger partial charge in [0, 0.05) is 11.7 Å². The maximum atomic E-state index is 11.6. The maximum absolute atomic E-state index is 11.6. The van der Waals surface area contributed by atoms with Gasteiger partial charge < -0.3 is 14.0 Å². The van der Waals surface area contributed by atoms with Gasteiger partial charge in [0.25, 0.3) is 0 Å². The van der Waals surface area contributed by atoms with E-state index >= 15 is 0 Å². The third-order valence-electron chi connectivity index (χ3n) is 4.27. The number of aromatic nitrogens is 1. The Morgan fingerprint density at radius 2 is 1.91 bits per heavy atom. The normalized spacial score (nSPS) is 18.7. The van der Waals surface area contributed by atoms with Gasteiger partial charge in [-0.1, -0.05) is 19.4 Å². The second-order valence-corrected chi connectivity index (χ2v) is 6.68. The molecule has 0 radical (unpaired) electrons. The van der Waals surface area contributed by atoms with E-state index in [1.54, 1.807) is 12.3 Å². The van der Waals surface area contributed by atoms with Crippen LogP contribution in [0.3, 0.4) is 0 Å². The molecule has 0 aromatic carbocycles. The third-order valence-corrected chi connectivity index (χ3v) is 4.27. The van der Waals surface area contributed by atoms with E-state index in [2.05, 4.69) is 10.3 Å². The number of amides is 1. The van der Waals surface area contributed by atoms with Crippen LogP contribution in [0.25, 0.3) is 0 Å². The number of nitrogens with one attached hydrogen (secondary N) is 1. The molecule has 6 nitrogen and oxygen atoms in total. The Balaban J connectivity index is 1.94. The van der Waals surface area contributed by atoms with Crippen molar-refractivity contribution in [2.24, 2.45) is 0 Å². The molecule has 0 bridgehead atoms. The molecule has 0 spiro atoms. The first-order valence-electron chi connectivity index (χ1n) is 8.00. The van der Waals surface area contributed by atoms with E-state index in [1.807, 2.05) is 40.7 Å². The monoisotopic (exact) mass is 320 g/mol. The number of unbranched alkanes of at least 4 members (excludes halogenated alkanes) is 1. The number of ether oxygens (including phenoxy) is 1. The van der Waals surface area contributed by atoms with Crippen LogP contribution >= 0.6 is 0 Å². The molecule has 7 heteroatoms. The van der Waals surface area contributed by atoms with Crippen molar-refractivity contribution in [2.75, 3.05) is 11.9 Å². The lowest BCUT2D eigenvalue weighted by atomic mass is 9.80. The highest BCUT2D eigenvalue weighted by molar-refractivity contribution is 6.62. The van der Waals surface area contributed by atoms with E-state index in [-0.39, 0.29) is 0 Å². The lowest BCUT2D eigenvalue weighted by Gasteiger charge is -2.32. The van der Waals surface area contributed by atoms with Crippen LogP contribution in [0.15, 0.2) is 18.3 Å². The summed E-state index contributed by atoms with van der Waals surface area (Å²) in [6.07, 6.45) is 2.98. The predicted octanol–water partition coefficient (Wildman–Crippen LogP) is 2.73. The highest BCUT2D eigenvalue weighted by Crippen LogP contribution is 2.36. The Morgan fingerprint density at radius 1 is 1.26 bits per heavy atom. The number of carbonyl (C=O) groups excluding carboxylic acids is 1. The van der Waals surface area contributed by atoms with Gasteiger partial charge in [-0.15, -0.1) is 0 Å². The minimum Gasteiger partial charge on any atom is -0.449 e. The number of hydrogen-bond acceptors (Lipinski definition) is 5. The predicted molar refractivity (Wildman–Crippen MR) is 89.8 cm³/mol. The van der Waals surface area contributed by atoms with Gasteiger partial charge in [0.15, 0.2) is 0 Å². The van der Waals surface area contributed by atoms with Crippen LogP contribution < -0.4 is 10.8 Å². The van der Waals surface area contributed by atoms with Crippen molar-refractivity contribution in [3.05, 3.63) is 18.3 Å². The molecule has 1 amide bonds. The van der Waals surface area contributed by atoms with E-state index < -0.39 is 24.4 Å². The first kappa shape index (κ1) is 17.8. The molecule has 1 fully saturated rings. The van der Waals surface area contributed by atoms with E-state index in [1.165, 1.54) is 0 Å². The zero-order valence-corrected chi connectivity index (χ0v) is 14.5. The van der Waals surface area contributed by atoms with E-state index in [4.69, 9.17) is 14.0 Å². The van der Waals surface area contributed by atoms with Crippen LogP contribution in [0.1, 0.15) is 47.5 Å². The zero-order chi connectivity index (χ0) is 17.1. The standard InChI is InChI=1S/C16H25BN2O4/c1-6-7-10-21-14(20)19-13-9-8-12(11-18-13)17-22-15(2,3)16(4,5)23-17/h8-9,11H,6-7,10H2,1-5H3,(H,18,19,20). The van der Waals surface area contributed by atoms with Gasteiger partial charge in [0.1, 0.15) is 5.82 Å². The Bertz CT molecular complexity index is 530. The summed E-state index contributed by atoms with van der Waals surface area (Å²) in [4.78, 5) is 15.8. The minimum absolute atomic E-state index is 0.391. The molecule has 1 N–H and O–H groups in total. The summed E-state index contributed by atoms with van der Waals surface area (Å²) < 4.78 is 17.0. The molecule has 0 aliphatic carbocycles. The van der Waals surface area contributed by atoms with Crippen molar-refractivity contribution in [3.8, 4) is 0 Å². The van der Waals surface area contributed by atoms with Gasteiger partial charge in [-0.05, 0) is 40.2 Å². The van der Waals surface area contributed by atoms with Crippen molar-refractivity contribution in [1.82, 2.24) is 4.98 Å². The highest BCUT2D eigenvalue weighted by atomic mass is 16.7. The van der Waals surface area contributed by atoms with Crippen molar-refractivity contribution in [2.45, 2.75) is 58.7 Å².